The highest BCUT2D eigenvalue weighted by Crippen LogP contribution is 2.23. The van der Waals surface area contributed by atoms with Crippen LogP contribution < -0.4 is 5.73 Å². The molecule has 0 amide bonds. The predicted molar refractivity (Wildman–Crippen MR) is 67.6 cm³/mol. The van der Waals surface area contributed by atoms with Gasteiger partial charge in [-0.2, -0.15) is 0 Å². The highest BCUT2D eigenvalue weighted by molar-refractivity contribution is 5.20. The van der Waals surface area contributed by atoms with Gasteiger partial charge in [-0.3, -0.25) is 4.90 Å². The summed E-state index contributed by atoms with van der Waals surface area (Å²) < 4.78 is 5.20. The summed E-state index contributed by atoms with van der Waals surface area (Å²) in [7, 11) is 0. The maximum atomic E-state index is 5.61. The van der Waals surface area contributed by atoms with Gasteiger partial charge < -0.3 is 10.3 Å². The predicted octanol–water partition coefficient (Wildman–Crippen LogP) is 1.85. The van der Waals surface area contributed by atoms with E-state index in [-0.39, 0.29) is 0 Å². The van der Waals surface area contributed by atoms with Crippen LogP contribution in [0.15, 0.2) is 4.52 Å². The normalized spacial score (nSPS) is 18.8. The number of aryl methyl sites for hydroxylation is 2. The molecule has 1 aromatic rings. The van der Waals surface area contributed by atoms with Gasteiger partial charge in [0, 0.05) is 12.1 Å². The van der Waals surface area contributed by atoms with E-state index >= 15 is 0 Å². The molecule has 4 nitrogen and oxygen atoms in total. The minimum Gasteiger partial charge on any atom is -0.361 e. The number of aromatic nitrogens is 1. The fraction of sp³-hybridized carbons (Fsp3) is 0.769. The second kappa shape index (κ2) is 5.65. The van der Waals surface area contributed by atoms with Crippen molar-refractivity contribution in [2.45, 2.75) is 39.7 Å². The monoisotopic (exact) mass is 237 g/mol. The molecule has 0 saturated carbocycles. The van der Waals surface area contributed by atoms with Gasteiger partial charge in [-0.1, -0.05) is 5.16 Å². The van der Waals surface area contributed by atoms with E-state index in [2.05, 4.69) is 10.1 Å². The summed E-state index contributed by atoms with van der Waals surface area (Å²) in [4.78, 5) is 2.50. The first-order valence-electron chi connectivity index (χ1n) is 6.55. The van der Waals surface area contributed by atoms with Gasteiger partial charge in [0.15, 0.2) is 0 Å². The molecule has 0 aromatic carbocycles. The fourth-order valence-corrected chi connectivity index (χ4v) is 2.62. The van der Waals surface area contributed by atoms with Crippen molar-refractivity contribution < 1.29 is 4.52 Å². The molecule has 0 atom stereocenters. The second-order valence-corrected chi connectivity index (χ2v) is 5.10. The molecule has 1 saturated heterocycles. The van der Waals surface area contributed by atoms with Crippen LogP contribution in [0.5, 0.6) is 0 Å². The van der Waals surface area contributed by atoms with Crippen LogP contribution in [0, 0.1) is 19.8 Å². The Labute approximate surface area is 103 Å². The lowest BCUT2D eigenvalue weighted by Crippen LogP contribution is -2.34. The Morgan fingerprint density at radius 3 is 2.59 bits per heavy atom. The number of likely N-dealkylation sites (tertiary alicyclic amines) is 1. The molecular weight excluding hydrogens is 214 g/mol. The molecule has 0 spiro atoms. The van der Waals surface area contributed by atoms with Crippen LogP contribution in [-0.2, 0) is 6.54 Å². The van der Waals surface area contributed by atoms with Crippen LogP contribution in [0.1, 0.15) is 36.3 Å². The quantitative estimate of drug-likeness (QED) is 0.868. The fourth-order valence-electron chi connectivity index (χ4n) is 2.62. The number of nitrogens with two attached hydrogens (primary N) is 1. The molecule has 0 bridgehead atoms. The molecule has 0 unspecified atom stereocenters. The molecule has 96 valence electrons. The van der Waals surface area contributed by atoms with Crippen LogP contribution >= 0.6 is 0 Å². The van der Waals surface area contributed by atoms with Crippen LogP contribution in [0.2, 0.25) is 0 Å². The van der Waals surface area contributed by atoms with E-state index in [1.807, 2.05) is 13.8 Å². The third kappa shape index (κ3) is 3.07. The molecule has 0 radical (unpaired) electrons. The molecule has 2 rings (SSSR count). The molecule has 1 fully saturated rings. The number of hydrogen-bond donors (Lipinski definition) is 1. The van der Waals surface area contributed by atoms with Crippen molar-refractivity contribution in [1.29, 1.82) is 0 Å². The molecular formula is C13H23N3O. The maximum absolute atomic E-state index is 5.61. The molecule has 17 heavy (non-hydrogen) atoms. The summed E-state index contributed by atoms with van der Waals surface area (Å²) in [6.07, 6.45) is 3.74. The van der Waals surface area contributed by atoms with E-state index in [9.17, 15) is 0 Å². The van der Waals surface area contributed by atoms with Gasteiger partial charge >= 0.3 is 0 Å². The zero-order chi connectivity index (χ0) is 12.3. The molecule has 1 aliphatic rings. The minimum absolute atomic E-state index is 0.828. The maximum Gasteiger partial charge on any atom is 0.138 e. The van der Waals surface area contributed by atoms with Gasteiger partial charge in [0.25, 0.3) is 0 Å². The van der Waals surface area contributed by atoms with E-state index in [1.54, 1.807) is 0 Å². The lowest BCUT2D eigenvalue weighted by molar-refractivity contribution is 0.172. The zero-order valence-electron chi connectivity index (χ0n) is 10.9. The van der Waals surface area contributed by atoms with E-state index in [0.29, 0.717) is 0 Å². The summed E-state index contributed by atoms with van der Waals surface area (Å²) in [5.74, 6) is 1.80. The van der Waals surface area contributed by atoms with Crippen molar-refractivity contribution in [2.75, 3.05) is 19.6 Å². The van der Waals surface area contributed by atoms with Gasteiger partial charge in [-0.25, -0.2) is 0 Å². The summed E-state index contributed by atoms with van der Waals surface area (Å²) in [6, 6.07) is 0. The van der Waals surface area contributed by atoms with Crippen molar-refractivity contribution in [1.82, 2.24) is 10.1 Å². The Morgan fingerprint density at radius 2 is 2.06 bits per heavy atom. The molecule has 0 aliphatic carbocycles. The van der Waals surface area contributed by atoms with Gasteiger partial charge in [-0.15, -0.1) is 0 Å². The van der Waals surface area contributed by atoms with Gasteiger partial charge in [0.2, 0.25) is 0 Å². The van der Waals surface area contributed by atoms with Gasteiger partial charge in [-0.05, 0) is 58.7 Å². The number of rotatable bonds is 4. The first kappa shape index (κ1) is 12.6. The molecule has 1 aliphatic heterocycles. The minimum atomic E-state index is 0.828. The largest absolute Gasteiger partial charge is 0.361 e. The average Bonchev–Trinajstić information content (AvgIpc) is 2.64. The smallest absolute Gasteiger partial charge is 0.138 e. The molecule has 1 aromatic heterocycles. The van der Waals surface area contributed by atoms with Crippen molar-refractivity contribution in [3.8, 4) is 0 Å². The molecule has 2 N–H and O–H groups in total. The number of hydrogen-bond acceptors (Lipinski definition) is 4. The van der Waals surface area contributed by atoms with Gasteiger partial charge in [0.05, 0.1) is 5.69 Å². The third-order valence-electron chi connectivity index (χ3n) is 3.85. The van der Waals surface area contributed by atoms with Crippen LogP contribution in [0.3, 0.4) is 0 Å². The standard InChI is InChI=1S/C13H23N3O/c1-10-13(11(2)17-15-10)9-16-7-4-12(3-6-14)5-8-16/h12H,3-9,14H2,1-2H3. The topological polar surface area (TPSA) is 55.3 Å². The summed E-state index contributed by atoms with van der Waals surface area (Å²) >= 11 is 0. The van der Waals surface area contributed by atoms with Crippen molar-refractivity contribution in [3.05, 3.63) is 17.0 Å². The highest BCUT2D eigenvalue weighted by atomic mass is 16.5. The van der Waals surface area contributed by atoms with Crippen molar-refractivity contribution in [3.63, 3.8) is 0 Å². The third-order valence-corrected chi connectivity index (χ3v) is 3.85. The van der Waals surface area contributed by atoms with E-state index < -0.39 is 0 Å². The molecule has 4 heteroatoms. The lowest BCUT2D eigenvalue weighted by atomic mass is 9.93. The lowest BCUT2D eigenvalue weighted by Gasteiger charge is -2.31. The molecule has 2 heterocycles. The summed E-state index contributed by atoms with van der Waals surface area (Å²) in [5, 5.41) is 4.01. The Morgan fingerprint density at radius 1 is 1.35 bits per heavy atom. The second-order valence-electron chi connectivity index (χ2n) is 5.10. The van der Waals surface area contributed by atoms with E-state index in [1.165, 1.54) is 37.9 Å². The summed E-state index contributed by atoms with van der Waals surface area (Å²) in [6.45, 7) is 8.18. The number of piperidine rings is 1. The highest BCUT2D eigenvalue weighted by Gasteiger charge is 2.20. The van der Waals surface area contributed by atoms with E-state index in [4.69, 9.17) is 10.3 Å². The van der Waals surface area contributed by atoms with Gasteiger partial charge in [0.1, 0.15) is 5.76 Å². The van der Waals surface area contributed by atoms with Crippen LogP contribution in [0.25, 0.3) is 0 Å². The Kier molecular flexibility index (Phi) is 4.18. The van der Waals surface area contributed by atoms with Crippen LogP contribution in [-0.4, -0.2) is 29.7 Å². The van der Waals surface area contributed by atoms with Crippen LogP contribution in [0.4, 0.5) is 0 Å². The first-order chi connectivity index (χ1) is 8.20. The Bertz CT molecular complexity index is 334. The number of nitrogens with zero attached hydrogens (tertiary/aromatic N) is 2. The average molecular weight is 237 g/mol. The first-order valence-corrected chi connectivity index (χ1v) is 6.55. The van der Waals surface area contributed by atoms with E-state index in [0.717, 1.165) is 30.5 Å². The van der Waals surface area contributed by atoms with Crippen molar-refractivity contribution in [2.24, 2.45) is 11.7 Å². The van der Waals surface area contributed by atoms with Crippen molar-refractivity contribution >= 4 is 0 Å². The Balaban J connectivity index is 1.86. The Hall–Kier alpha value is -0.870. The summed E-state index contributed by atoms with van der Waals surface area (Å²) in [5.41, 5.74) is 7.91. The zero-order valence-corrected chi connectivity index (χ0v) is 10.9. The SMILES string of the molecule is Cc1noc(C)c1CN1CCC(CCN)CC1.